The number of H-pyrrole nitrogens is 2. The number of rotatable bonds is 5. The first-order chi connectivity index (χ1) is 13.2. The Morgan fingerprint density at radius 2 is 1.89 bits per heavy atom. The normalized spacial score (nSPS) is 12.2. The van der Waals surface area contributed by atoms with Crippen LogP contribution in [0.5, 0.6) is 0 Å². The van der Waals surface area contributed by atoms with Crippen LogP contribution in [-0.2, 0) is 9.53 Å². The minimum absolute atomic E-state index is 0.128. The summed E-state index contributed by atoms with van der Waals surface area (Å²) in [5.74, 6) is -10.7. The SMILES string of the molecule is CCOC(=O)/C(C=Nc1c[nH]c(=O)[nH]c1=O)=C(/O)c1cc(F)c(F)c(F)c1F. The van der Waals surface area contributed by atoms with E-state index in [0.717, 1.165) is 6.20 Å². The van der Waals surface area contributed by atoms with E-state index in [2.05, 4.69) is 14.7 Å². The van der Waals surface area contributed by atoms with E-state index < -0.39 is 63.1 Å². The number of aromatic amines is 2. The second kappa shape index (κ2) is 8.33. The Labute approximate surface area is 152 Å². The lowest BCUT2D eigenvalue weighted by Crippen LogP contribution is -2.20. The molecule has 28 heavy (non-hydrogen) atoms. The van der Waals surface area contributed by atoms with E-state index in [-0.39, 0.29) is 12.7 Å². The van der Waals surface area contributed by atoms with Gasteiger partial charge in [0.1, 0.15) is 17.0 Å². The van der Waals surface area contributed by atoms with Gasteiger partial charge in [-0.3, -0.25) is 9.78 Å². The van der Waals surface area contributed by atoms with Gasteiger partial charge in [-0.05, 0) is 13.0 Å². The molecule has 0 unspecified atom stereocenters. The number of aliphatic hydroxyl groups is 1. The summed E-state index contributed by atoms with van der Waals surface area (Å²) in [6.07, 6.45) is 1.42. The fourth-order valence-electron chi connectivity index (χ4n) is 1.94. The average molecular weight is 401 g/mol. The predicted octanol–water partition coefficient (Wildman–Crippen LogP) is 1.85. The van der Waals surface area contributed by atoms with Crippen molar-refractivity contribution in [2.45, 2.75) is 6.92 Å². The molecule has 0 saturated carbocycles. The van der Waals surface area contributed by atoms with Crippen molar-refractivity contribution in [1.29, 1.82) is 0 Å². The number of hydrogen-bond acceptors (Lipinski definition) is 6. The molecule has 0 saturated heterocycles. The monoisotopic (exact) mass is 401 g/mol. The Morgan fingerprint density at radius 1 is 1.21 bits per heavy atom. The van der Waals surface area contributed by atoms with E-state index in [1.807, 2.05) is 4.98 Å². The molecule has 0 radical (unpaired) electrons. The highest BCUT2D eigenvalue weighted by Crippen LogP contribution is 2.25. The second-order valence-electron chi connectivity index (χ2n) is 5.05. The Hall–Kier alpha value is -3.70. The molecule has 0 fully saturated rings. The van der Waals surface area contributed by atoms with Crippen LogP contribution in [0.3, 0.4) is 0 Å². The van der Waals surface area contributed by atoms with Gasteiger partial charge in [0.2, 0.25) is 0 Å². The van der Waals surface area contributed by atoms with Crippen LogP contribution in [0.25, 0.3) is 5.76 Å². The topological polar surface area (TPSA) is 125 Å². The lowest BCUT2D eigenvalue weighted by molar-refractivity contribution is -0.137. The Morgan fingerprint density at radius 3 is 2.50 bits per heavy atom. The van der Waals surface area contributed by atoms with E-state index in [1.54, 1.807) is 0 Å². The van der Waals surface area contributed by atoms with Crippen molar-refractivity contribution < 1.29 is 32.2 Å². The molecule has 3 N–H and O–H groups in total. The van der Waals surface area contributed by atoms with Gasteiger partial charge in [0.05, 0.1) is 12.2 Å². The number of aromatic nitrogens is 2. The molecule has 1 aromatic carbocycles. The summed E-state index contributed by atoms with van der Waals surface area (Å²) in [7, 11) is 0. The summed E-state index contributed by atoms with van der Waals surface area (Å²) < 4.78 is 58.4. The second-order valence-corrected chi connectivity index (χ2v) is 5.05. The van der Waals surface area contributed by atoms with Gasteiger partial charge in [-0.1, -0.05) is 0 Å². The molecule has 0 aliphatic heterocycles. The number of ether oxygens (including phenoxy) is 1. The number of benzene rings is 1. The zero-order valence-corrected chi connectivity index (χ0v) is 14.0. The Bertz CT molecular complexity index is 1100. The van der Waals surface area contributed by atoms with Gasteiger partial charge < -0.3 is 14.8 Å². The van der Waals surface area contributed by atoms with E-state index >= 15 is 0 Å². The number of aliphatic imine (C=N–C) groups is 1. The maximum absolute atomic E-state index is 13.9. The number of aliphatic hydroxyl groups excluding tert-OH is 1. The summed E-state index contributed by atoms with van der Waals surface area (Å²) in [5, 5.41) is 10.1. The van der Waals surface area contributed by atoms with E-state index in [4.69, 9.17) is 0 Å². The number of hydrogen-bond donors (Lipinski definition) is 3. The lowest BCUT2D eigenvalue weighted by atomic mass is 10.1. The molecule has 2 rings (SSSR count). The van der Waals surface area contributed by atoms with E-state index in [0.29, 0.717) is 6.21 Å². The summed E-state index contributed by atoms with van der Waals surface area (Å²) in [5.41, 5.74) is -4.30. The van der Waals surface area contributed by atoms with Gasteiger partial charge in [-0.15, -0.1) is 0 Å². The fraction of sp³-hybridized carbons (Fsp3) is 0.125. The maximum atomic E-state index is 13.9. The molecule has 0 bridgehead atoms. The number of nitrogens with zero attached hydrogens (tertiary/aromatic N) is 1. The molecule has 0 aliphatic rings. The van der Waals surface area contributed by atoms with Crippen LogP contribution in [-0.4, -0.2) is 33.9 Å². The summed E-state index contributed by atoms with van der Waals surface area (Å²) in [4.78, 5) is 42.0. The van der Waals surface area contributed by atoms with Crippen molar-refractivity contribution >= 4 is 23.6 Å². The van der Waals surface area contributed by atoms with E-state index in [1.165, 1.54) is 6.92 Å². The smallest absolute Gasteiger partial charge is 0.343 e. The molecule has 1 heterocycles. The molecule has 12 heteroatoms. The zero-order valence-electron chi connectivity index (χ0n) is 14.0. The fourth-order valence-corrected chi connectivity index (χ4v) is 1.94. The van der Waals surface area contributed by atoms with Crippen LogP contribution in [0.2, 0.25) is 0 Å². The van der Waals surface area contributed by atoms with Gasteiger partial charge in [-0.2, -0.15) is 0 Å². The molecular formula is C16H11F4N3O5. The molecular weight excluding hydrogens is 390 g/mol. The predicted molar refractivity (Wildman–Crippen MR) is 88.3 cm³/mol. The number of nitrogens with one attached hydrogen (secondary N) is 2. The quantitative estimate of drug-likeness (QED) is 0.134. The van der Waals surface area contributed by atoms with Gasteiger partial charge in [0.15, 0.2) is 23.3 Å². The Kier molecular flexibility index (Phi) is 6.13. The van der Waals surface area contributed by atoms with Crippen LogP contribution in [0, 0.1) is 23.3 Å². The van der Waals surface area contributed by atoms with Crippen molar-refractivity contribution in [3.05, 3.63) is 67.5 Å². The molecule has 8 nitrogen and oxygen atoms in total. The largest absolute Gasteiger partial charge is 0.506 e. The highest BCUT2D eigenvalue weighted by Gasteiger charge is 2.25. The summed E-state index contributed by atoms with van der Waals surface area (Å²) in [6, 6.07) is 0.128. The van der Waals surface area contributed by atoms with Crippen LogP contribution in [0.15, 0.2) is 32.4 Å². The first-order valence-electron chi connectivity index (χ1n) is 7.47. The molecule has 2 aromatic rings. The van der Waals surface area contributed by atoms with Gasteiger partial charge >= 0.3 is 11.7 Å². The number of carbonyl (C=O) groups is 1. The van der Waals surface area contributed by atoms with Crippen molar-refractivity contribution in [1.82, 2.24) is 9.97 Å². The summed E-state index contributed by atoms with van der Waals surface area (Å²) >= 11 is 0. The third-order valence-electron chi connectivity index (χ3n) is 3.24. The van der Waals surface area contributed by atoms with Crippen molar-refractivity contribution in [3.63, 3.8) is 0 Å². The minimum atomic E-state index is -2.21. The first-order valence-corrected chi connectivity index (χ1v) is 7.47. The highest BCUT2D eigenvalue weighted by atomic mass is 19.2. The van der Waals surface area contributed by atoms with Crippen LogP contribution >= 0.6 is 0 Å². The summed E-state index contributed by atoms with van der Waals surface area (Å²) in [6.45, 7) is 1.20. The number of esters is 1. The van der Waals surface area contributed by atoms with Gasteiger partial charge in [0.25, 0.3) is 5.56 Å². The molecule has 148 valence electrons. The number of halogens is 4. The van der Waals surface area contributed by atoms with Crippen molar-refractivity contribution in [2.75, 3.05) is 6.61 Å². The zero-order chi connectivity index (χ0) is 21.0. The van der Waals surface area contributed by atoms with Gasteiger partial charge in [0, 0.05) is 12.4 Å². The average Bonchev–Trinajstić information content (AvgIpc) is 2.64. The van der Waals surface area contributed by atoms with Crippen LogP contribution in [0.4, 0.5) is 23.2 Å². The van der Waals surface area contributed by atoms with Crippen LogP contribution < -0.4 is 11.2 Å². The highest BCUT2D eigenvalue weighted by molar-refractivity contribution is 6.15. The molecule has 0 atom stereocenters. The van der Waals surface area contributed by atoms with E-state index in [9.17, 15) is 37.1 Å². The first kappa shape index (κ1) is 20.6. The third-order valence-corrected chi connectivity index (χ3v) is 3.24. The minimum Gasteiger partial charge on any atom is -0.506 e. The third kappa shape index (κ3) is 4.16. The molecule has 0 aliphatic carbocycles. The molecule has 0 amide bonds. The van der Waals surface area contributed by atoms with Crippen LogP contribution in [0.1, 0.15) is 12.5 Å². The molecule has 1 aromatic heterocycles. The lowest BCUT2D eigenvalue weighted by Gasteiger charge is -2.09. The number of carbonyl (C=O) groups excluding carboxylic acids is 1. The van der Waals surface area contributed by atoms with Crippen molar-refractivity contribution in [2.24, 2.45) is 4.99 Å². The molecule has 0 spiro atoms. The maximum Gasteiger partial charge on any atom is 0.343 e. The van der Waals surface area contributed by atoms with Gasteiger partial charge in [-0.25, -0.2) is 32.1 Å². The standard InChI is InChI=1S/C16H11F4N3O5/c1-2-28-15(26)7(4-21-9-5-22-16(27)23-14(9)25)13(24)6-3-8(17)11(19)12(20)10(6)18/h3-5,24H,2H2,1H3,(H2,22,23,25,27)/b13-7+,21-4?. The Balaban J connectivity index is 2.66. The van der Waals surface area contributed by atoms with Crippen molar-refractivity contribution in [3.8, 4) is 0 Å².